The fourth-order valence-corrected chi connectivity index (χ4v) is 2.56. The van der Waals surface area contributed by atoms with Gasteiger partial charge in [-0.2, -0.15) is 0 Å². The predicted octanol–water partition coefficient (Wildman–Crippen LogP) is 1.21. The summed E-state index contributed by atoms with van der Waals surface area (Å²) in [5.74, 6) is -1.88. The largest absolute Gasteiger partial charge is 0.465 e. The van der Waals surface area contributed by atoms with Gasteiger partial charge in [0, 0.05) is 24.9 Å². The van der Waals surface area contributed by atoms with Gasteiger partial charge in [0.15, 0.2) is 5.11 Å². The van der Waals surface area contributed by atoms with Crippen LogP contribution in [0.1, 0.15) is 39.1 Å². The number of nitrogens with one attached hydrogen (secondary N) is 4. The highest BCUT2D eigenvalue weighted by molar-refractivity contribution is 7.80. The van der Waals surface area contributed by atoms with E-state index in [1.807, 2.05) is 30.3 Å². The van der Waals surface area contributed by atoms with Crippen LogP contribution >= 0.6 is 12.2 Å². The maximum atomic E-state index is 12.2. The first-order valence-corrected chi connectivity index (χ1v) is 9.69. The number of hydrogen-bond donors (Lipinski definition) is 4. The molecule has 0 aliphatic rings. The summed E-state index contributed by atoms with van der Waals surface area (Å²) < 4.78 is 4.61. The minimum absolute atomic E-state index is 0.000210. The molecule has 0 fully saturated rings. The third kappa shape index (κ3) is 8.23. The average Bonchev–Trinajstić information content (AvgIpc) is 2.80. The minimum atomic E-state index is -0.574. The third-order valence-corrected chi connectivity index (χ3v) is 4.20. The fraction of sp³-hybridized carbons (Fsp3) is 0.190. The van der Waals surface area contributed by atoms with Crippen LogP contribution in [0.4, 0.5) is 0 Å². The van der Waals surface area contributed by atoms with Gasteiger partial charge in [-0.05, 0) is 36.0 Å². The van der Waals surface area contributed by atoms with Gasteiger partial charge in [0.1, 0.15) is 0 Å². The molecule has 3 amide bonds. The van der Waals surface area contributed by atoms with Gasteiger partial charge >= 0.3 is 5.97 Å². The molecule has 4 N–H and O–H groups in total. The Labute approximate surface area is 184 Å². The van der Waals surface area contributed by atoms with Crippen LogP contribution in [0.2, 0.25) is 0 Å². The molecule has 162 valence electrons. The highest BCUT2D eigenvalue weighted by atomic mass is 32.1. The van der Waals surface area contributed by atoms with E-state index in [-0.39, 0.29) is 35.0 Å². The van der Waals surface area contributed by atoms with Crippen LogP contribution in [0.25, 0.3) is 0 Å². The fourth-order valence-electron chi connectivity index (χ4n) is 2.41. The number of rotatable bonds is 7. The van der Waals surface area contributed by atoms with E-state index in [1.165, 1.54) is 31.4 Å². The molecule has 0 saturated heterocycles. The molecule has 0 radical (unpaired) electrons. The second-order valence-corrected chi connectivity index (χ2v) is 6.70. The first kappa shape index (κ1) is 23.5. The number of hydrogen-bond acceptors (Lipinski definition) is 6. The van der Waals surface area contributed by atoms with Crippen molar-refractivity contribution in [2.24, 2.45) is 0 Å². The number of carbonyl (C=O) groups excluding carboxylic acids is 4. The number of methoxy groups -OCH3 is 1. The normalized spacial score (nSPS) is 9.84. The van der Waals surface area contributed by atoms with E-state index in [9.17, 15) is 19.2 Å². The molecule has 0 atom stereocenters. The average molecular weight is 442 g/mol. The molecule has 31 heavy (non-hydrogen) atoms. The smallest absolute Gasteiger partial charge is 0.337 e. The Morgan fingerprint density at radius 1 is 0.871 bits per heavy atom. The van der Waals surface area contributed by atoms with E-state index in [2.05, 4.69) is 26.2 Å². The summed E-state index contributed by atoms with van der Waals surface area (Å²) in [6.45, 7) is 0.382. The molecule has 0 spiro atoms. The third-order valence-electron chi connectivity index (χ3n) is 4.00. The topological polar surface area (TPSA) is 126 Å². The molecule has 2 aromatic carbocycles. The second kappa shape index (κ2) is 12.0. The summed E-state index contributed by atoms with van der Waals surface area (Å²) in [5.41, 5.74) is 6.06. The van der Waals surface area contributed by atoms with Crippen LogP contribution < -0.4 is 21.5 Å². The van der Waals surface area contributed by atoms with Crippen LogP contribution in [0.15, 0.2) is 54.6 Å². The van der Waals surface area contributed by atoms with E-state index >= 15 is 0 Å². The first-order chi connectivity index (χ1) is 14.9. The second-order valence-electron chi connectivity index (χ2n) is 6.29. The van der Waals surface area contributed by atoms with Crippen molar-refractivity contribution in [3.05, 3.63) is 71.3 Å². The van der Waals surface area contributed by atoms with Crippen molar-refractivity contribution in [1.82, 2.24) is 21.5 Å². The summed E-state index contributed by atoms with van der Waals surface area (Å²) >= 11 is 4.96. The lowest BCUT2D eigenvalue weighted by molar-refractivity contribution is -0.126. The van der Waals surface area contributed by atoms with Gasteiger partial charge in [-0.15, -0.1) is 0 Å². The number of amides is 3. The molecule has 0 saturated carbocycles. The molecule has 0 aliphatic carbocycles. The molecule has 2 aromatic rings. The molecule has 0 heterocycles. The zero-order chi connectivity index (χ0) is 22.6. The van der Waals surface area contributed by atoms with E-state index in [0.717, 1.165) is 5.56 Å². The Morgan fingerprint density at radius 2 is 1.55 bits per heavy atom. The lowest BCUT2D eigenvalue weighted by Gasteiger charge is -2.11. The molecule has 0 bridgehead atoms. The van der Waals surface area contributed by atoms with Crippen LogP contribution in [0.5, 0.6) is 0 Å². The molecular formula is C21H22N4O5S. The van der Waals surface area contributed by atoms with Crippen LogP contribution in [-0.4, -0.2) is 35.9 Å². The molecule has 0 aromatic heterocycles. The Bertz CT molecular complexity index is 965. The molecule has 0 unspecified atom stereocenters. The van der Waals surface area contributed by atoms with Gasteiger partial charge in [-0.3, -0.25) is 30.6 Å². The summed E-state index contributed by atoms with van der Waals surface area (Å²) in [7, 11) is 1.24. The monoisotopic (exact) mass is 442 g/mol. The van der Waals surface area contributed by atoms with Gasteiger partial charge in [-0.25, -0.2) is 4.79 Å². The maximum absolute atomic E-state index is 12.2. The van der Waals surface area contributed by atoms with E-state index < -0.39 is 17.8 Å². The number of esters is 1. The Kier molecular flexibility index (Phi) is 9.12. The van der Waals surface area contributed by atoms with Crippen LogP contribution in [-0.2, 0) is 20.9 Å². The van der Waals surface area contributed by atoms with Crippen molar-refractivity contribution < 1.29 is 23.9 Å². The van der Waals surface area contributed by atoms with Crippen molar-refractivity contribution in [2.75, 3.05) is 7.11 Å². The van der Waals surface area contributed by atoms with Gasteiger partial charge < -0.3 is 10.1 Å². The van der Waals surface area contributed by atoms with Crippen molar-refractivity contribution >= 4 is 41.0 Å². The zero-order valence-corrected chi connectivity index (χ0v) is 17.6. The Hall–Kier alpha value is -3.79. The number of ether oxygens (including phenoxy) is 1. The van der Waals surface area contributed by atoms with Gasteiger partial charge in [0.25, 0.3) is 5.91 Å². The quantitative estimate of drug-likeness (QED) is 0.288. The summed E-state index contributed by atoms with van der Waals surface area (Å²) in [5, 5.41) is 4.96. The molecule has 9 nitrogen and oxygen atoms in total. The minimum Gasteiger partial charge on any atom is -0.465 e. The number of benzene rings is 2. The number of thiocarbonyl (C=S) groups is 1. The number of carbonyl (C=O) groups is 4. The van der Waals surface area contributed by atoms with Crippen LogP contribution in [0, 0.1) is 0 Å². The number of hydrazine groups is 1. The van der Waals surface area contributed by atoms with Crippen molar-refractivity contribution in [3.63, 3.8) is 0 Å². The molecular weight excluding hydrogens is 420 g/mol. The lowest BCUT2D eigenvalue weighted by Crippen LogP contribution is -2.48. The Balaban J connectivity index is 1.69. The van der Waals surface area contributed by atoms with Crippen molar-refractivity contribution in [2.45, 2.75) is 19.4 Å². The van der Waals surface area contributed by atoms with Crippen LogP contribution in [0.3, 0.4) is 0 Å². The summed E-state index contributed by atoms with van der Waals surface area (Å²) in [6, 6.07) is 15.3. The predicted molar refractivity (Wildman–Crippen MR) is 117 cm³/mol. The summed E-state index contributed by atoms with van der Waals surface area (Å²) in [4.78, 5) is 47.4. The molecule has 2 rings (SSSR count). The van der Waals surface area contributed by atoms with Gasteiger partial charge in [0.2, 0.25) is 11.8 Å². The molecule has 0 aliphatic heterocycles. The standard InChI is InChI=1S/C21H22N4O5S/c1-30-20(29)16-9-5-8-15(12-16)19(28)23-21(31)25-24-18(27)11-10-17(26)22-13-14-6-3-2-4-7-14/h2-9,12H,10-11,13H2,1H3,(H,22,26)(H,24,27)(H2,23,25,28,31). The maximum Gasteiger partial charge on any atom is 0.337 e. The first-order valence-electron chi connectivity index (χ1n) is 9.28. The highest BCUT2D eigenvalue weighted by Gasteiger charge is 2.12. The Morgan fingerprint density at radius 3 is 2.26 bits per heavy atom. The van der Waals surface area contributed by atoms with E-state index in [1.54, 1.807) is 0 Å². The summed E-state index contributed by atoms with van der Waals surface area (Å²) in [6.07, 6.45) is -0.0643. The zero-order valence-electron chi connectivity index (χ0n) is 16.8. The van der Waals surface area contributed by atoms with E-state index in [0.29, 0.717) is 6.54 Å². The van der Waals surface area contributed by atoms with Gasteiger partial charge in [0.05, 0.1) is 12.7 Å². The van der Waals surface area contributed by atoms with Crippen molar-refractivity contribution in [3.8, 4) is 0 Å². The van der Waals surface area contributed by atoms with E-state index in [4.69, 9.17) is 12.2 Å². The van der Waals surface area contributed by atoms with Crippen molar-refractivity contribution in [1.29, 1.82) is 0 Å². The lowest BCUT2D eigenvalue weighted by atomic mass is 10.1. The van der Waals surface area contributed by atoms with Gasteiger partial charge in [-0.1, -0.05) is 36.4 Å². The SMILES string of the molecule is COC(=O)c1cccc(C(=O)NC(=S)NNC(=O)CCC(=O)NCc2ccccc2)c1. The molecule has 10 heteroatoms. The highest BCUT2D eigenvalue weighted by Crippen LogP contribution is 2.06.